The van der Waals surface area contributed by atoms with Crippen molar-refractivity contribution in [3.8, 4) is 0 Å². The monoisotopic (exact) mass is 286 g/mol. The topological polar surface area (TPSA) is 17.1 Å². The van der Waals surface area contributed by atoms with Gasteiger partial charge in [-0.05, 0) is 65.8 Å². The maximum absolute atomic E-state index is 10.8. The summed E-state index contributed by atoms with van der Waals surface area (Å²) in [6.07, 6.45) is 1.65. The number of ketones is 1. The predicted molar refractivity (Wildman–Crippen MR) is 63.5 cm³/mol. The van der Waals surface area contributed by atoms with Crippen molar-refractivity contribution in [1.82, 2.24) is 0 Å². The number of hydrogen-bond donors (Lipinski definition) is 0. The molecule has 0 unspecified atom stereocenters. The second-order valence-corrected chi connectivity index (χ2v) is 4.19. The molecule has 0 aliphatic carbocycles. The molecule has 0 aromatic heterocycles. The van der Waals surface area contributed by atoms with Crippen LogP contribution in [-0.2, 0) is 4.79 Å². The van der Waals surface area contributed by atoms with Gasteiger partial charge in [-0.25, -0.2) is 0 Å². The van der Waals surface area contributed by atoms with Gasteiger partial charge in [0.05, 0.1) is 0 Å². The van der Waals surface area contributed by atoms with Crippen molar-refractivity contribution < 1.29 is 4.79 Å². The first-order chi connectivity index (χ1) is 6.09. The summed E-state index contributed by atoms with van der Waals surface area (Å²) in [5.74, 6) is 0.0936. The molecule has 1 aromatic carbocycles. The number of halogens is 1. The molecule has 13 heavy (non-hydrogen) atoms. The van der Waals surface area contributed by atoms with Gasteiger partial charge < -0.3 is 0 Å². The molecule has 0 saturated carbocycles. The van der Waals surface area contributed by atoms with Crippen LogP contribution >= 0.6 is 22.6 Å². The number of benzene rings is 1. The van der Waals surface area contributed by atoms with E-state index >= 15 is 0 Å². The Labute approximate surface area is 92.0 Å². The van der Waals surface area contributed by atoms with Crippen LogP contribution < -0.4 is 0 Å². The largest absolute Gasteiger partial charge is 0.295 e. The zero-order valence-corrected chi connectivity index (χ0v) is 9.83. The van der Waals surface area contributed by atoms with E-state index in [-0.39, 0.29) is 5.78 Å². The van der Waals surface area contributed by atoms with E-state index in [1.165, 1.54) is 3.57 Å². The zero-order chi connectivity index (χ0) is 9.84. The van der Waals surface area contributed by atoms with Gasteiger partial charge in [0, 0.05) is 3.57 Å². The molecule has 0 amide bonds. The molecule has 0 radical (unpaired) electrons. The van der Waals surface area contributed by atoms with Crippen LogP contribution in [0.15, 0.2) is 30.3 Å². The Hall–Kier alpha value is -0.640. The Morgan fingerprint density at radius 2 is 1.77 bits per heavy atom. The van der Waals surface area contributed by atoms with Crippen molar-refractivity contribution in [2.45, 2.75) is 13.8 Å². The molecule has 0 saturated heterocycles. The smallest absolute Gasteiger partial charge is 0.152 e. The second kappa shape index (κ2) is 4.56. The third-order valence-corrected chi connectivity index (χ3v) is 2.44. The van der Waals surface area contributed by atoms with Crippen molar-refractivity contribution in [2.75, 3.05) is 0 Å². The molecule has 2 heteroatoms. The Morgan fingerprint density at radius 3 is 2.23 bits per heavy atom. The maximum Gasteiger partial charge on any atom is 0.152 e. The minimum absolute atomic E-state index is 0.0936. The lowest BCUT2D eigenvalue weighted by Crippen LogP contribution is -1.86. The van der Waals surface area contributed by atoms with Gasteiger partial charge in [-0.2, -0.15) is 0 Å². The highest BCUT2D eigenvalue weighted by Crippen LogP contribution is 2.15. The van der Waals surface area contributed by atoms with E-state index in [0.29, 0.717) is 0 Å². The van der Waals surface area contributed by atoms with Crippen LogP contribution in [-0.4, -0.2) is 5.78 Å². The number of carbonyl (C=O) groups is 1. The summed E-state index contributed by atoms with van der Waals surface area (Å²) in [5, 5.41) is 0. The summed E-state index contributed by atoms with van der Waals surface area (Å²) in [6.45, 7) is 3.51. The number of allylic oxidation sites excluding steroid dienone is 2. The normalized spacial score (nSPS) is 11.5. The van der Waals surface area contributed by atoms with Crippen LogP contribution in [0.4, 0.5) is 0 Å². The number of hydrogen-bond acceptors (Lipinski definition) is 1. The van der Waals surface area contributed by atoms with Crippen LogP contribution in [0.1, 0.15) is 19.4 Å². The molecule has 0 aliphatic rings. The summed E-state index contributed by atoms with van der Waals surface area (Å²) in [6, 6.07) is 8.12. The lowest BCUT2D eigenvalue weighted by atomic mass is 10.1. The maximum atomic E-state index is 10.8. The average Bonchev–Trinajstić information content (AvgIpc) is 2.04. The molecule has 1 aromatic rings. The van der Waals surface area contributed by atoms with Crippen LogP contribution in [0.2, 0.25) is 0 Å². The fourth-order valence-electron chi connectivity index (χ4n) is 1.10. The third kappa shape index (κ3) is 3.30. The number of carbonyl (C=O) groups excluding carboxylic acids is 1. The van der Waals surface area contributed by atoms with Gasteiger partial charge in [-0.3, -0.25) is 4.79 Å². The summed E-state index contributed by atoms with van der Waals surface area (Å²) in [4.78, 5) is 10.8. The SMILES string of the molecule is CC(=O)/C=C(/C)c1ccc(I)cc1. The Balaban J connectivity index is 2.96. The summed E-state index contributed by atoms with van der Waals surface area (Å²) in [7, 11) is 0. The first kappa shape index (κ1) is 10.4. The Morgan fingerprint density at radius 1 is 1.23 bits per heavy atom. The lowest BCUT2D eigenvalue weighted by molar-refractivity contribution is -0.112. The van der Waals surface area contributed by atoms with Gasteiger partial charge in [0.1, 0.15) is 0 Å². The molecule has 0 bridgehead atoms. The van der Waals surface area contributed by atoms with Gasteiger partial charge in [-0.1, -0.05) is 12.1 Å². The molecule has 0 atom stereocenters. The van der Waals surface area contributed by atoms with Crippen molar-refractivity contribution in [1.29, 1.82) is 0 Å². The van der Waals surface area contributed by atoms with Crippen LogP contribution in [0.3, 0.4) is 0 Å². The highest BCUT2D eigenvalue weighted by molar-refractivity contribution is 14.1. The molecule has 1 rings (SSSR count). The molecular formula is C11H11IO. The second-order valence-electron chi connectivity index (χ2n) is 2.94. The molecule has 0 aliphatic heterocycles. The first-order valence-corrected chi connectivity index (χ1v) is 5.12. The third-order valence-electron chi connectivity index (χ3n) is 1.72. The molecule has 1 nitrogen and oxygen atoms in total. The van der Waals surface area contributed by atoms with Gasteiger partial charge >= 0.3 is 0 Å². The summed E-state index contributed by atoms with van der Waals surface area (Å²) < 4.78 is 1.21. The Kier molecular flexibility index (Phi) is 3.66. The van der Waals surface area contributed by atoms with Crippen LogP contribution in [0, 0.1) is 3.57 Å². The van der Waals surface area contributed by atoms with E-state index < -0.39 is 0 Å². The molecule has 68 valence electrons. The highest BCUT2D eigenvalue weighted by atomic mass is 127. The fourth-order valence-corrected chi connectivity index (χ4v) is 1.46. The van der Waals surface area contributed by atoms with Gasteiger partial charge in [0.2, 0.25) is 0 Å². The van der Waals surface area contributed by atoms with Crippen molar-refractivity contribution in [3.63, 3.8) is 0 Å². The van der Waals surface area contributed by atoms with Crippen molar-refractivity contribution >= 4 is 33.9 Å². The highest BCUT2D eigenvalue weighted by Gasteiger charge is 1.96. The quantitative estimate of drug-likeness (QED) is 0.602. The fraction of sp³-hybridized carbons (Fsp3) is 0.182. The Bertz CT molecular complexity index is 336. The standard InChI is InChI=1S/C11H11IO/c1-8(7-9(2)13)10-3-5-11(12)6-4-10/h3-7H,1-2H3/b8-7-. The van der Waals surface area contributed by atoms with E-state index in [0.717, 1.165) is 11.1 Å². The van der Waals surface area contributed by atoms with Crippen molar-refractivity contribution in [3.05, 3.63) is 39.5 Å². The van der Waals surface area contributed by atoms with E-state index in [9.17, 15) is 4.79 Å². The molecule has 0 heterocycles. The number of rotatable bonds is 2. The van der Waals surface area contributed by atoms with E-state index in [1.54, 1.807) is 13.0 Å². The molecule has 0 fully saturated rings. The summed E-state index contributed by atoms with van der Waals surface area (Å²) in [5.41, 5.74) is 2.12. The van der Waals surface area contributed by atoms with Crippen molar-refractivity contribution in [2.24, 2.45) is 0 Å². The van der Waals surface area contributed by atoms with Crippen LogP contribution in [0.5, 0.6) is 0 Å². The summed E-state index contributed by atoms with van der Waals surface area (Å²) >= 11 is 2.26. The van der Waals surface area contributed by atoms with Gasteiger partial charge in [0.25, 0.3) is 0 Å². The zero-order valence-electron chi connectivity index (χ0n) is 7.67. The van der Waals surface area contributed by atoms with Crippen LogP contribution in [0.25, 0.3) is 5.57 Å². The van der Waals surface area contributed by atoms with Gasteiger partial charge in [0.15, 0.2) is 5.78 Å². The first-order valence-electron chi connectivity index (χ1n) is 4.04. The molecule has 0 spiro atoms. The lowest BCUT2D eigenvalue weighted by Gasteiger charge is -2.00. The predicted octanol–water partition coefficient (Wildman–Crippen LogP) is 3.28. The molecular weight excluding hydrogens is 275 g/mol. The minimum atomic E-state index is 0.0936. The van der Waals surface area contributed by atoms with E-state index in [2.05, 4.69) is 22.6 Å². The average molecular weight is 286 g/mol. The van der Waals surface area contributed by atoms with E-state index in [1.807, 2.05) is 31.2 Å². The van der Waals surface area contributed by atoms with Gasteiger partial charge in [-0.15, -0.1) is 0 Å². The molecule has 0 N–H and O–H groups in total. The minimum Gasteiger partial charge on any atom is -0.295 e. The van der Waals surface area contributed by atoms with E-state index in [4.69, 9.17) is 0 Å².